The molecule has 0 N–H and O–H groups in total. The first-order valence-electron chi connectivity index (χ1n) is 9.18. The van der Waals surface area contributed by atoms with Crippen LogP contribution in [0.4, 0.5) is 0 Å². The minimum absolute atomic E-state index is 0.0239. The van der Waals surface area contributed by atoms with Crippen molar-refractivity contribution < 1.29 is 9.59 Å². The number of carbonyl (C=O) groups is 2. The summed E-state index contributed by atoms with van der Waals surface area (Å²) >= 11 is 0. The number of ketones is 1. The second-order valence-electron chi connectivity index (χ2n) is 6.87. The highest BCUT2D eigenvalue weighted by molar-refractivity contribution is 6.02. The lowest BCUT2D eigenvalue weighted by molar-refractivity contribution is -0.135. The maximum Gasteiger partial charge on any atom is 0.231 e. The number of nitriles is 1. The number of likely N-dealkylation sites (tertiary alicyclic amines) is 1. The predicted octanol–water partition coefficient (Wildman–Crippen LogP) is 3.43. The van der Waals surface area contributed by atoms with Crippen molar-refractivity contribution in [3.63, 3.8) is 0 Å². The number of nitrogens with zero attached hydrogens (tertiary/aromatic N) is 2. The Labute approximate surface area is 149 Å². The summed E-state index contributed by atoms with van der Waals surface area (Å²) in [5.41, 5.74) is 1.92. The Morgan fingerprint density at radius 1 is 1.20 bits per heavy atom. The number of aryl methyl sites for hydroxylation is 1. The Hall–Kier alpha value is -2.41. The molecule has 3 rings (SSSR count). The van der Waals surface area contributed by atoms with Crippen molar-refractivity contribution in [1.29, 1.82) is 5.26 Å². The van der Waals surface area contributed by atoms with Crippen molar-refractivity contribution in [2.24, 2.45) is 5.92 Å². The van der Waals surface area contributed by atoms with Gasteiger partial charge in [0.05, 0.1) is 12.0 Å². The van der Waals surface area contributed by atoms with Crippen LogP contribution >= 0.6 is 0 Å². The summed E-state index contributed by atoms with van der Waals surface area (Å²) in [6, 6.07) is 12.0. The van der Waals surface area contributed by atoms with Crippen molar-refractivity contribution in [1.82, 2.24) is 4.90 Å². The van der Waals surface area contributed by atoms with E-state index in [1.54, 1.807) is 4.90 Å². The van der Waals surface area contributed by atoms with Gasteiger partial charge in [0.25, 0.3) is 0 Å². The molecule has 0 spiro atoms. The molecule has 2 atom stereocenters. The van der Waals surface area contributed by atoms with E-state index in [4.69, 9.17) is 0 Å². The summed E-state index contributed by atoms with van der Waals surface area (Å²) in [6.45, 7) is 0.642. The quantitative estimate of drug-likeness (QED) is 0.799. The standard InChI is InChI=1S/C21H24N2O2/c22-15-17-10-6-14-23(17)21(25)19-12-5-11-18(19)20(24)13-4-9-16-7-2-1-3-8-16/h1-3,7-8,11,17,19H,4-6,9-10,12-14H2/t17-,19-/m0/s1. The SMILES string of the molecule is N#C[C@@H]1CCCN1C(=O)[C@H]1CCC=C1C(=O)CCCc1ccccc1. The van der Waals surface area contributed by atoms with Gasteiger partial charge in [0.2, 0.25) is 5.91 Å². The van der Waals surface area contributed by atoms with Crippen molar-refractivity contribution in [2.75, 3.05) is 6.54 Å². The second-order valence-corrected chi connectivity index (χ2v) is 6.87. The molecule has 130 valence electrons. The molecule has 0 unspecified atom stereocenters. The molecule has 1 aliphatic heterocycles. The van der Waals surface area contributed by atoms with Crippen LogP contribution in [0.2, 0.25) is 0 Å². The number of carbonyl (C=O) groups excluding carboxylic acids is 2. The maximum absolute atomic E-state index is 12.8. The Balaban J connectivity index is 1.56. The molecule has 4 nitrogen and oxygen atoms in total. The number of hydrogen-bond donors (Lipinski definition) is 0. The number of rotatable bonds is 6. The van der Waals surface area contributed by atoms with E-state index in [9.17, 15) is 14.9 Å². The van der Waals surface area contributed by atoms with Crippen LogP contribution in [-0.4, -0.2) is 29.2 Å². The molecule has 1 amide bonds. The molecule has 0 radical (unpaired) electrons. The van der Waals surface area contributed by atoms with Crippen molar-refractivity contribution in [2.45, 2.75) is 51.0 Å². The monoisotopic (exact) mass is 336 g/mol. The third kappa shape index (κ3) is 3.99. The first kappa shape index (κ1) is 17.4. The smallest absolute Gasteiger partial charge is 0.231 e. The molecule has 0 bridgehead atoms. The van der Waals surface area contributed by atoms with Gasteiger partial charge < -0.3 is 4.90 Å². The Morgan fingerprint density at radius 3 is 2.76 bits per heavy atom. The third-order valence-electron chi connectivity index (χ3n) is 5.21. The van der Waals surface area contributed by atoms with Gasteiger partial charge in [0.1, 0.15) is 6.04 Å². The van der Waals surface area contributed by atoms with Crippen LogP contribution in [0.15, 0.2) is 42.0 Å². The van der Waals surface area contributed by atoms with E-state index < -0.39 is 0 Å². The molecule has 0 saturated carbocycles. The van der Waals surface area contributed by atoms with Crippen LogP contribution < -0.4 is 0 Å². The number of benzene rings is 1. The van der Waals surface area contributed by atoms with Crippen LogP contribution in [0, 0.1) is 17.2 Å². The van der Waals surface area contributed by atoms with E-state index in [-0.39, 0.29) is 23.7 Å². The van der Waals surface area contributed by atoms with Gasteiger partial charge in [0, 0.05) is 18.5 Å². The lowest BCUT2D eigenvalue weighted by atomic mass is 9.93. The molecule has 1 aromatic carbocycles. The van der Waals surface area contributed by atoms with E-state index >= 15 is 0 Å². The summed E-state index contributed by atoms with van der Waals surface area (Å²) < 4.78 is 0. The number of allylic oxidation sites excluding steroid dienone is 1. The number of Topliss-reactive ketones (excluding diaryl/α,β-unsaturated/α-hetero) is 1. The fourth-order valence-electron chi connectivity index (χ4n) is 3.87. The molecular weight excluding hydrogens is 312 g/mol. The summed E-state index contributed by atoms with van der Waals surface area (Å²) in [4.78, 5) is 27.1. The van der Waals surface area contributed by atoms with E-state index in [0.717, 1.165) is 32.1 Å². The van der Waals surface area contributed by atoms with Crippen LogP contribution in [-0.2, 0) is 16.0 Å². The van der Waals surface area contributed by atoms with Crippen LogP contribution in [0.5, 0.6) is 0 Å². The Kier molecular flexibility index (Phi) is 5.65. The summed E-state index contributed by atoms with van der Waals surface area (Å²) in [5.74, 6) is -0.262. The molecule has 0 aromatic heterocycles. The molecule has 1 heterocycles. The van der Waals surface area contributed by atoms with Gasteiger partial charge in [-0.2, -0.15) is 5.26 Å². The van der Waals surface area contributed by atoms with Gasteiger partial charge in [-0.25, -0.2) is 0 Å². The minimum atomic E-state index is -0.335. The van der Waals surface area contributed by atoms with Gasteiger partial charge in [0.15, 0.2) is 5.78 Å². The molecule has 25 heavy (non-hydrogen) atoms. The van der Waals surface area contributed by atoms with Gasteiger partial charge in [-0.05, 0) is 44.1 Å². The highest BCUT2D eigenvalue weighted by Crippen LogP contribution is 2.32. The average Bonchev–Trinajstić information content (AvgIpc) is 3.31. The van der Waals surface area contributed by atoms with E-state index in [1.165, 1.54) is 5.56 Å². The van der Waals surface area contributed by atoms with E-state index in [2.05, 4.69) is 18.2 Å². The van der Waals surface area contributed by atoms with Crippen LogP contribution in [0.25, 0.3) is 0 Å². The Bertz CT molecular complexity index is 702. The number of amides is 1. The van der Waals surface area contributed by atoms with Crippen molar-refractivity contribution in [3.8, 4) is 6.07 Å². The van der Waals surface area contributed by atoms with Gasteiger partial charge in [-0.3, -0.25) is 9.59 Å². The topological polar surface area (TPSA) is 61.2 Å². The van der Waals surface area contributed by atoms with Gasteiger partial charge in [-0.15, -0.1) is 0 Å². The lowest BCUT2D eigenvalue weighted by Crippen LogP contribution is -2.39. The summed E-state index contributed by atoms with van der Waals surface area (Å²) in [5, 5.41) is 9.20. The fourth-order valence-corrected chi connectivity index (χ4v) is 3.87. The van der Waals surface area contributed by atoms with Crippen LogP contribution in [0.1, 0.15) is 44.1 Å². The zero-order valence-electron chi connectivity index (χ0n) is 14.5. The van der Waals surface area contributed by atoms with Crippen molar-refractivity contribution >= 4 is 11.7 Å². The second kappa shape index (κ2) is 8.11. The zero-order chi connectivity index (χ0) is 17.6. The predicted molar refractivity (Wildman–Crippen MR) is 95.5 cm³/mol. The minimum Gasteiger partial charge on any atom is -0.326 e. The van der Waals surface area contributed by atoms with Gasteiger partial charge in [-0.1, -0.05) is 36.4 Å². The number of hydrogen-bond acceptors (Lipinski definition) is 3. The highest BCUT2D eigenvalue weighted by Gasteiger charge is 2.37. The molecule has 1 aliphatic carbocycles. The lowest BCUT2D eigenvalue weighted by Gasteiger charge is -2.24. The molecule has 1 fully saturated rings. The zero-order valence-corrected chi connectivity index (χ0v) is 14.5. The highest BCUT2D eigenvalue weighted by atomic mass is 16.2. The summed E-state index contributed by atoms with van der Waals surface area (Å²) in [7, 11) is 0. The molecule has 2 aliphatic rings. The molecular formula is C21H24N2O2. The first-order valence-corrected chi connectivity index (χ1v) is 9.18. The third-order valence-corrected chi connectivity index (χ3v) is 5.21. The van der Waals surface area contributed by atoms with E-state index in [0.29, 0.717) is 25.0 Å². The van der Waals surface area contributed by atoms with Crippen LogP contribution in [0.3, 0.4) is 0 Å². The fraction of sp³-hybridized carbons (Fsp3) is 0.476. The molecule has 1 aromatic rings. The normalized spacial score (nSPS) is 22.5. The average molecular weight is 336 g/mol. The van der Waals surface area contributed by atoms with Gasteiger partial charge >= 0.3 is 0 Å². The Morgan fingerprint density at radius 2 is 2.00 bits per heavy atom. The maximum atomic E-state index is 12.8. The molecule has 1 saturated heterocycles. The van der Waals surface area contributed by atoms with Crippen molar-refractivity contribution in [3.05, 3.63) is 47.5 Å². The van der Waals surface area contributed by atoms with E-state index in [1.807, 2.05) is 24.3 Å². The molecule has 4 heteroatoms. The summed E-state index contributed by atoms with van der Waals surface area (Å²) in [6.07, 6.45) is 7.19. The largest absolute Gasteiger partial charge is 0.326 e. The first-order chi connectivity index (χ1) is 12.2.